The van der Waals surface area contributed by atoms with Gasteiger partial charge < -0.3 is 10.4 Å². The van der Waals surface area contributed by atoms with Crippen molar-refractivity contribution in [1.29, 1.82) is 0 Å². The lowest BCUT2D eigenvalue weighted by molar-refractivity contribution is -0.139. The first kappa shape index (κ1) is 12.7. The van der Waals surface area contributed by atoms with Crippen molar-refractivity contribution in [3.05, 3.63) is 34.9 Å². The number of nitrogens with one attached hydrogen (secondary N) is 1. The molecule has 0 aliphatic rings. The molecule has 0 aliphatic carbocycles. The SMILES string of the molecule is CNC(CCc1ccc(C)c(C)c1)C(=O)O. The summed E-state index contributed by atoms with van der Waals surface area (Å²) >= 11 is 0. The molecule has 3 heteroatoms. The number of carbonyl (C=O) groups is 1. The lowest BCUT2D eigenvalue weighted by Gasteiger charge is -2.11. The highest BCUT2D eigenvalue weighted by molar-refractivity contribution is 5.73. The molecule has 1 unspecified atom stereocenters. The molecule has 0 aromatic heterocycles. The van der Waals surface area contributed by atoms with Crippen LogP contribution in [0, 0.1) is 13.8 Å². The average molecular weight is 221 g/mol. The third-order valence-corrected chi connectivity index (χ3v) is 2.94. The third kappa shape index (κ3) is 3.35. The number of rotatable bonds is 5. The zero-order chi connectivity index (χ0) is 12.1. The zero-order valence-electron chi connectivity index (χ0n) is 10.1. The molecule has 0 fully saturated rings. The van der Waals surface area contributed by atoms with Gasteiger partial charge in [-0.15, -0.1) is 0 Å². The monoisotopic (exact) mass is 221 g/mol. The maximum Gasteiger partial charge on any atom is 0.320 e. The smallest absolute Gasteiger partial charge is 0.320 e. The average Bonchev–Trinajstić information content (AvgIpc) is 2.23. The molecule has 2 N–H and O–H groups in total. The number of carboxylic acid groups (broad SMARTS) is 1. The van der Waals surface area contributed by atoms with Crippen LogP contribution in [-0.2, 0) is 11.2 Å². The van der Waals surface area contributed by atoms with Crippen LogP contribution >= 0.6 is 0 Å². The summed E-state index contributed by atoms with van der Waals surface area (Å²) in [6.45, 7) is 4.15. The van der Waals surface area contributed by atoms with Crippen LogP contribution in [0.5, 0.6) is 0 Å². The molecule has 0 saturated carbocycles. The largest absolute Gasteiger partial charge is 0.480 e. The molecule has 1 atom stereocenters. The van der Waals surface area contributed by atoms with Gasteiger partial charge in [0.2, 0.25) is 0 Å². The molecule has 1 aromatic rings. The number of carboxylic acids is 1. The van der Waals surface area contributed by atoms with E-state index in [1.807, 2.05) is 0 Å². The van der Waals surface area contributed by atoms with Crippen LogP contribution in [-0.4, -0.2) is 24.2 Å². The standard InChI is InChI=1S/C13H19NO2/c1-9-4-5-11(8-10(9)2)6-7-12(14-3)13(15)16/h4-5,8,12,14H,6-7H2,1-3H3,(H,15,16). The van der Waals surface area contributed by atoms with Gasteiger partial charge in [-0.05, 0) is 50.4 Å². The molecule has 0 radical (unpaired) electrons. The number of likely N-dealkylation sites (N-methyl/N-ethyl adjacent to an activating group) is 1. The normalized spacial score (nSPS) is 12.4. The van der Waals surface area contributed by atoms with Crippen molar-refractivity contribution in [3.8, 4) is 0 Å². The van der Waals surface area contributed by atoms with Gasteiger partial charge in [0, 0.05) is 0 Å². The van der Waals surface area contributed by atoms with Gasteiger partial charge >= 0.3 is 5.97 Å². The Labute approximate surface area is 96.5 Å². The Kier molecular flexibility index (Phi) is 4.50. The molecule has 0 saturated heterocycles. The minimum atomic E-state index is -0.786. The first-order chi connectivity index (χ1) is 7.54. The van der Waals surface area contributed by atoms with Crippen molar-refractivity contribution in [2.24, 2.45) is 0 Å². The van der Waals surface area contributed by atoms with Crippen LogP contribution < -0.4 is 5.32 Å². The Morgan fingerprint density at radius 2 is 2.06 bits per heavy atom. The van der Waals surface area contributed by atoms with Gasteiger partial charge in [0.05, 0.1) is 0 Å². The highest BCUT2D eigenvalue weighted by Gasteiger charge is 2.14. The van der Waals surface area contributed by atoms with Gasteiger partial charge in [0.15, 0.2) is 0 Å². The molecule has 16 heavy (non-hydrogen) atoms. The molecule has 0 aliphatic heterocycles. The summed E-state index contributed by atoms with van der Waals surface area (Å²) in [4.78, 5) is 10.8. The maximum atomic E-state index is 10.8. The lowest BCUT2D eigenvalue weighted by Crippen LogP contribution is -2.34. The van der Waals surface area contributed by atoms with E-state index in [4.69, 9.17) is 5.11 Å². The molecule has 0 spiro atoms. The topological polar surface area (TPSA) is 49.3 Å². The molecule has 1 rings (SSSR count). The van der Waals surface area contributed by atoms with Crippen LogP contribution in [0.2, 0.25) is 0 Å². The van der Waals surface area contributed by atoms with Crippen LogP contribution in [0.25, 0.3) is 0 Å². The van der Waals surface area contributed by atoms with E-state index in [-0.39, 0.29) is 0 Å². The minimum Gasteiger partial charge on any atom is -0.480 e. The number of aliphatic carboxylic acids is 1. The Balaban J connectivity index is 2.60. The van der Waals surface area contributed by atoms with Crippen molar-refractivity contribution in [2.75, 3.05) is 7.05 Å². The van der Waals surface area contributed by atoms with E-state index in [0.717, 1.165) is 6.42 Å². The van der Waals surface area contributed by atoms with Crippen molar-refractivity contribution in [1.82, 2.24) is 5.32 Å². The summed E-state index contributed by atoms with van der Waals surface area (Å²) in [5.41, 5.74) is 3.73. The maximum absolute atomic E-state index is 10.8. The van der Waals surface area contributed by atoms with Crippen molar-refractivity contribution in [2.45, 2.75) is 32.7 Å². The van der Waals surface area contributed by atoms with Crippen LogP contribution in [0.1, 0.15) is 23.1 Å². The van der Waals surface area contributed by atoms with Crippen LogP contribution in [0.3, 0.4) is 0 Å². The molecule has 0 bridgehead atoms. The summed E-state index contributed by atoms with van der Waals surface area (Å²) in [5.74, 6) is -0.786. The van der Waals surface area contributed by atoms with Crippen molar-refractivity contribution >= 4 is 5.97 Å². The third-order valence-electron chi connectivity index (χ3n) is 2.94. The first-order valence-electron chi connectivity index (χ1n) is 5.50. The summed E-state index contributed by atoms with van der Waals surface area (Å²) in [5, 5.41) is 11.7. The van der Waals surface area contributed by atoms with Gasteiger partial charge in [-0.2, -0.15) is 0 Å². The predicted molar refractivity (Wildman–Crippen MR) is 64.7 cm³/mol. The first-order valence-corrected chi connectivity index (χ1v) is 5.50. The Bertz CT molecular complexity index is 374. The van der Waals surface area contributed by atoms with Crippen LogP contribution in [0.4, 0.5) is 0 Å². The van der Waals surface area contributed by atoms with Gasteiger partial charge in [-0.25, -0.2) is 0 Å². The molecular formula is C13H19NO2. The highest BCUT2D eigenvalue weighted by atomic mass is 16.4. The van der Waals surface area contributed by atoms with Gasteiger partial charge in [0.25, 0.3) is 0 Å². The van der Waals surface area contributed by atoms with Gasteiger partial charge in [0.1, 0.15) is 6.04 Å². The Hall–Kier alpha value is -1.35. The summed E-state index contributed by atoms with van der Waals surface area (Å²) in [7, 11) is 1.68. The molecular weight excluding hydrogens is 202 g/mol. The summed E-state index contributed by atoms with van der Waals surface area (Å²) < 4.78 is 0. The number of benzene rings is 1. The fourth-order valence-corrected chi connectivity index (χ4v) is 1.66. The van der Waals surface area contributed by atoms with Gasteiger partial charge in [-0.1, -0.05) is 18.2 Å². The number of hydrogen-bond acceptors (Lipinski definition) is 2. The van der Waals surface area contributed by atoms with E-state index in [9.17, 15) is 4.79 Å². The second-order valence-electron chi connectivity index (χ2n) is 4.14. The van der Waals surface area contributed by atoms with E-state index in [1.54, 1.807) is 7.05 Å². The van der Waals surface area contributed by atoms with E-state index >= 15 is 0 Å². The summed E-state index contributed by atoms with van der Waals surface area (Å²) in [6.07, 6.45) is 1.41. The highest BCUT2D eigenvalue weighted by Crippen LogP contribution is 2.12. The van der Waals surface area contributed by atoms with Gasteiger partial charge in [-0.3, -0.25) is 4.79 Å². The number of hydrogen-bond donors (Lipinski definition) is 2. The molecule has 0 heterocycles. The lowest BCUT2D eigenvalue weighted by atomic mass is 10.0. The van der Waals surface area contributed by atoms with E-state index in [2.05, 4.69) is 37.4 Å². The molecule has 1 aromatic carbocycles. The molecule has 88 valence electrons. The van der Waals surface area contributed by atoms with Crippen molar-refractivity contribution < 1.29 is 9.90 Å². The van der Waals surface area contributed by atoms with E-state index < -0.39 is 12.0 Å². The van der Waals surface area contributed by atoms with Crippen molar-refractivity contribution in [3.63, 3.8) is 0 Å². The summed E-state index contributed by atoms with van der Waals surface area (Å²) in [6, 6.07) is 5.82. The second-order valence-corrected chi connectivity index (χ2v) is 4.14. The zero-order valence-corrected chi connectivity index (χ0v) is 10.1. The second kappa shape index (κ2) is 5.66. The quantitative estimate of drug-likeness (QED) is 0.798. The fraction of sp³-hybridized carbons (Fsp3) is 0.462. The van der Waals surface area contributed by atoms with E-state index in [1.165, 1.54) is 16.7 Å². The number of aryl methyl sites for hydroxylation is 3. The minimum absolute atomic E-state index is 0.457. The Morgan fingerprint density at radius 3 is 2.56 bits per heavy atom. The van der Waals surface area contributed by atoms with E-state index in [0.29, 0.717) is 6.42 Å². The Morgan fingerprint density at radius 1 is 1.38 bits per heavy atom. The van der Waals surface area contributed by atoms with Crippen LogP contribution in [0.15, 0.2) is 18.2 Å². The molecule has 0 amide bonds. The fourth-order valence-electron chi connectivity index (χ4n) is 1.66. The predicted octanol–water partition coefficient (Wildman–Crippen LogP) is 1.91. The molecule has 3 nitrogen and oxygen atoms in total.